The number of likely N-dealkylation sites (N-methyl/N-ethyl adjacent to an activating group) is 1. The second kappa shape index (κ2) is 6.89. The highest BCUT2D eigenvalue weighted by Crippen LogP contribution is 2.46. The van der Waals surface area contributed by atoms with Crippen molar-refractivity contribution in [2.24, 2.45) is 0 Å². The number of rotatable bonds is 3. The summed E-state index contributed by atoms with van der Waals surface area (Å²) in [6.45, 7) is 2.36. The molecule has 0 saturated carbocycles. The van der Waals surface area contributed by atoms with Crippen LogP contribution >= 0.6 is 23.1 Å². The van der Waals surface area contributed by atoms with Gasteiger partial charge in [-0.15, -0.1) is 11.3 Å². The molecule has 144 valence electrons. The topological polar surface area (TPSA) is 33.2 Å². The molecule has 1 aliphatic carbocycles. The van der Waals surface area contributed by atoms with Gasteiger partial charge < -0.3 is 4.90 Å². The van der Waals surface area contributed by atoms with E-state index < -0.39 is 0 Å². The van der Waals surface area contributed by atoms with Gasteiger partial charge in [0, 0.05) is 30.7 Å². The number of likely N-dealkylation sites (tertiary alicyclic amines) is 1. The maximum absolute atomic E-state index is 12.2. The molecule has 0 N–H and O–H groups in total. The Hall–Kier alpha value is -1.85. The first-order valence-corrected chi connectivity index (χ1v) is 11.7. The molecule has 0 spiro atoms. The van der Waals surface area contributed by atoms with Gasteiger partial charge in [-0.3, -0.25) is 4.79 Å². The first kappa shape index (κ1) is 18.2. The molecule has 5 rings (SSSR count). The van der Waals surface area contributed by atoms with E-state index in [4.69, 9.17) is 4.98 Å². The average Bonchev–Trinajstić information content (AvgIpc) is 3.12. The summed E-state index contributed by atoms with van der Waals surface area (Å²) < 4.78 is 2.39. The van der Waals surface area contributed by atoms with Crippen molar-refractivity contribution >= 4 is 39.2 Å². The smallest absolute Gasteiger partial charge is 0.222 e. The van der Waals surface area contributed by atoms with E-state index in [1.807, 2.05) is 29.8 Å². The normalized spacial score (nSPS) is 24.3. The summed E-state index contributed by atoms with van der Waals surface area (Å²) in [5.41, 5.74) is 5.48. The van der Waals surface area contributed by atoms with Crippen molar-refractivity contribution in [3.63, 3.8) is 0 Å². The van der Waals surface area contributed by atoms with Crippen molar-refractivity contribution in [1.82, 2.24) is 9.88 Å². The fourth-order valence-electron chi connectivity index (χ4n) is 4.99. The van der Waals surface area contributed by atoms with E-state index in [1.54, 1.807) is 11.3 Å². The van der Waals surface area contributed by atoms with Crippen LogP contribution in [0.1, 0.15) is 42.9 Å². The number of hydrogen-bond acceptors (Lipinski definition) is 4. The summed E-state index contributed by atoms with van der Waals surface area (Å²) in [6.07, 6.45) is 3.76. The lowest BCUT2D eigenvalue weighted by Gasteiger charge is -2.50. The Kier molecular flexibility index (Phi) is 4.48. The molecule has 0 unspecified atom stereocenters. The number of amides is 1. The van der Waals surface area contributed by atoms with Gasteiger partial charge in [-0.25, -0.2) is 4.98 Å². The number of benzene rings is 2. The van der Waals surface area contributed by atoms with Crippen LogP contribution in [0, 0.1) is 0 Å². The largest absolute Gasteiger partial charge is 0.342 e. The number of piperidine rings is 1. The molecule has 0 bridgehead atoms. The van der Waals surface area contributed by atoms with E-state index in [9.17, 15) is 4.79 Å². The molecule has 2 aromatic carbocycles. The van der Waals surface area contributed by atoms with Gasteiger partial charge in [0.2, 0.25) is 5.91 Å². The van der Waals surface area contributed by atoms with Gasteiger partial charge >= 0.3 is 0 Å². The first-order chi connectivity index (χ1) is 13.5. The fourth-order valence-corrected chi connectivity index (χ4v) is 7.00. The van der Waals surface area contributed by atoms with Gasteiger partial charge in [0.1, 0.15) is 0 Å². The van der Waals surface area contributed by atoms with Crippen LogP contribution in [0.15, 0.2) is 46.8 Å². The predicted octanol–water partition coefficient (Wildman–Crippen LogP) is 5.41. The molecule has 2 heterocycles. The average molecular weight is 409 g/mol. The summed E-state index contributed by atoms with van der Waals surface area (Å²) in [7, 11) is 1.98. The molecule has 1 amide bonds. The van der Waals surface area contributed by atoms with Crippen molar-refractivity contribution in [1.29, 1.82) is 0 Å². The van der Waals surface area contributed by atoms with Gasteiger partial charge in [0.15, 0.2) is 4.34 Å². The Bertz CT molecular complexity index is 1030. The van der Waals surface area contributed by atoms with E-state index >= 15 is 0 Å². The lowest BCUT2D eigenvalue weighted by Crippen LogP contribution is -2.56. The number of fused-ring (bicyclic) bond motifs is 4. The van der Waals surface area contributed by atoms with Gasteiger partial charge in [-0.2, -0.15) is 0 Å². The summed E-state index contributed by atoms with van der Waals surface area (Å²) in [5.74, 6) is 1.25. The predicted molar refractivity (Wildman–Crippen MR) is 117 cm³/mol. The quantitative estimate of drug-likeness (QED) is 0.543. The molecule has 5 heteroatoms. The summed E-state index contributed by atoms with van der Waals surface area (Å²) >= 11 is 3.60. The minimum atomic E-state index is 0.0922. The number of aryl methyl sites for hydroxylation is 1. The molecule has 3 nitrogen and oxygen atoms in total. The van der Waals surface area contributed by atoms with E-state index in [1.165, 1.54) is 21.4 Å². The van der Waals surface area contributed by atoms with Crippen molar-refractivity contribution in [2.75, 3.05) is 7.05 Å². The van der Waals surface area contributed by atoms with E-state index in [0.717, 1.165) is 34.9 Å². The zero-order valence-electron chi connectivity index (χ0n) is 16.3. The van der Waals surface area contributed by atoms with Crippen molar-refractivity contribution < 1.29 is 4.79 Å². The third-order valence-corrected chi connectivity index (χ3v) is 8.81. The molecule has 2 aliphatic rings. The van der Waals surface area contributed by atoms with Gasteiger partial charge in [0.25, 0.3) is 0 Å². The molecule has 1 aromatic heterocycles. The van der Waals surface area contributed by atoms with E-state index in [2.05, 4.69) is 43.3 Å². The Morgan fingerprint density at radius 3 is 2.96 bits per heavy atom. The van der Waals surface area contributed by atoms with Crippen LogP contribution in [0.3, 0.4) is 0 Å². The minimum Gasteiger partial charge on any atom is -0.342 e. The fraction of sp³-hybridized carbons (Fsp3) is 0.391. The van der Waals surface area contributed by atoms with Gasteiger partial charge in [-0.05, 0) is 48.1 Å². The third-order valence-electron chi connectivity index (χ3n) is 6.56. The molecule has 3 aromatic rings. The lowest BCUT2D eigenvalue weighted by molar-refractivity contribution is -0.138. The number of thioether (sulfide) groups is 1. The highest BCUT2D eigenvalue weighted by atomic mass is 32.2. The summed E-state index contributed by atoms with van der Waals surface area (Å²) in [6, 6.07) is 15.7. The van der Waals surface area contributed by atoms with Crippen LogP contribution in [0.2, 0.25) is 0 Å². The van der Waals surface area contributed by atoms with Crippen LogP contribution < -0.4 is 0 Å². The number of nitrogens with zero attached hydrogens (tertiary/aromatic N) is 2. The molecular weight excluding hydrogens is 384 g/mol. The number of thiazole rings is 1. The highest BCUT2D eigenvalue weighted by molar-refractivity contribution is 8.00. The third kappa shape index (κ3) is 2.96. The zero-order chi connectivity index (χ0) is 19.3. The Balaban J connectivity index is 1.37. The molecular formula is C23H24N2OS2. The SMILES string of the molecule is CN1C(=O)CC[C@]2(C)c3ccc(CSc4nc5ccccc5s4)cc3CC[C@@H]12. The first-order valence-electron chi connectivity index (χ1n) is 9.91. The second-order valence-corrected chi connectivity index (χ2v) is 10.5. The number of hydrogen-bond donors (Lipinski definition) is 0. The number of carbonyl (C=O) groups is 1. The molecule has 1 fully saturated rings. The Labute approximate surface area is 174 Å². The maximum Gasteiger partial charge on any atom is 0.222 e. The van der Waals surface area contributed by atoms with Gasteiger partial charge in [0.05, 0.1) is 10.2 Å². The van der Waals surface area contributed by atoms with Crippen molar-refractivity contribution in [3.8, 4) is 0 Å². The van der Waals surface area contributed by atoms with Gasteiger partial charge in [-0.1, -0.05) is 49.0 Å². The zero-order valence-corrected chi connectivity index (χ0v) is 17.9. The monoisotopic (exact) mass is 408 g/mol. The molecule has 2 atom stereocenters. The van der Waals surface area contributed by atoms with Crippen LogP contribution in [-0.2, 0) is 22.4 Å². The number of aromatic nitrogens is 1. The van der Waals surface area contributed by atoms with E-state index in [0.29, 0.717) is 18.4 Å². The van der Waals surface area contributed by atoms with Crippen LogP contribution in [-0.4, -0.2) is 28.9 Å². The Morgan fingerprint density at radius 1 is 1.25 bits per heavy atom. The van der Waals surface area contributed by atoms with E-state index in [-0.39, 0.29) is 5.41 Å². The maximum atomic E-state index is 12.2. The number of para-hydroxylation sites is 1. The molecule has 1 aliphatic heterocycles. The summed E-state index contributed by atoms with van der Waals surface area (Å²) in [5, 5.41) is 0. The van der Waals surface area contributed by atoms with Crippen molar-refractivity contribution in [3.05, 3.63) is 59.2 Å². The van der Waals surface area contributed by atoms with Crippen LogP contribution in [0.25, 0.3) is 10.2 Å². The Morgan fingerprint density at radius 2 is 2.11 bits per heavy atom. The minimum absolute atomic E-state index is 0.0922. The summed E-state index contributed by atoms with van der Waals surface area (Å²) in [4.78, 5) is 18.9. The molecule has 0 radical (unpaired) electrons. The lowest BCUT2D eigenvalue weighted by atomic mass is 9.63. The molecule has 28 heavy (non-hydrogen) atoms. The van der Waals surface area contributed by atoms with Crippen molar-refractivity contribution in [2.45, 2.75) is 54.2 Å². The highest BCUT2D eigenvalue weighted by Gasteiger charge is 2.46. The second-order valence-electron chi connectivity index (χ2n) is 8.20. The van der Waals surface area contributed by atoms with Crippen LogP contribution in [0.4, 0.5) is 0 Å². The molecule has 1 saturated heterocycles. The van der Waals surface area contributed by atoms with Crippen LogP contribution in [0.5, 0.6) is 0 Å². The number of carbonyl (C=O) groups excluding carboxylic acids is 1. The standard InChI is InChI=1S/C23H24N2OS2/c1-23-12-11-21(26)25(2)20(23)10-8-16-13-15(7-9-17(16)23)14-27-22-24-18-5-3-4-6-19(18)28-22/h3-7,9,13,20H,8,10-12,14H2,1-2H3/t20-,23-/m1/s1.